The zero-order valence-electron chi connectivity index (χ0n) is 11.8. The lowest BCUT2D eigenvalue weighted by Gasteiger charge is -2.47. The number of urea groups is 1. The third-order valence-electron chi connectivity index (χ3n) is 4.03. The number of nitrogens with one attached hydrogen (secondary N) is 1. The summed E-state index contributed by atoms with van der Waals surface area (Å²) in [7, 11) is 0. The van der Waals surface area contributed by atoms with Crippen LogP contribution in [0.3, 0.4) is 0 Å². The number of aliphatic hydroxyl groups is 1. The molecule has 3 heterocycles. The van der Waals surface area contributed by atoms with Crippen molar-refractivity contribution in [2.24, 2.45) is 0 Å². The average molecular weight is 270 g/mol. The molecule has 0 radical (unpaired) electrons. The van der Waals surface area contributed by atoms with Crippen LogP contribution in [-0.2, 0) is 0 Å². The molecule has 3 aliphatic rings. The molecule has 3 aliphatic heterocycles. The highest BCUT2D eigenvalue weighted by Crippen LogP contribution is 2.14. The van der Waals surface area contributed by atoms with Gasteiger partial charge in [0.1, 0.15) is 0 Å². The fourth-order valence-corrected chi connectivity index (χ4v) is 2.94. The number of piperazine rings is 3. The third kappa shape index (κ3) is 3.81. The van der Waals surface area contributed by atoms with Crippen molar-refractivity contribution >= 4 is 6.03 Å². The summed E-state index contributed by atoms with van der Waals surface area (Å²) < 4.78 is 0. The number of fused-ring (bicyclic) bond motifs is 3. The van der Waals surface area contributed by atoms with Gasteiger partial charge in [-0.05, 0) is 6.42 Å². The molecule has 0 spiro atoms. The molecule has 0 aromatic heterocycles. The summed E-state index contributed by atoms with van der Waals surface area (Å²) in [5, 5.41) is 12.0. The summed E-state index contributed by atoms with van der Waals surface area (Å²) >= 11 is 0. The monoisotopic (exact) mass is 270 g/mol. The number of nitrogens with zero attached hydrogens (tertiary/aromatic N) is 3. The Morgan fingerprint density at radius 2 is 2.05 bits per heavy atom. The van der Waals surface area contributed by atoms with Crippen molar-refractivity contribution in [3.05, 3.63) is 0 Å². The summed E-state index contributed by atoms with van der Waals surface area (Å²) in [6.45, 7) is 9.52. The Labute approximate surface area is 115 Å². The van der Waals surface area contributed by atoms with Gasteiger partial charge in [0.25, 0.3) is 0 Å². The molecule has 2 N–H and O–H groups in total. The highest BCUT2D eigenvalue weighted by Gasteiger charge is 2.31. The Bertz CT molecular complexity index is 286. The zero-order chi connectivity index (χ0) is 13.7. The van der Waals surface area contributed by atoms with Crippen LogP contribution in [0.15, 0.2) is 0 Å². The number of aliphatic hydroxyl groups excluding tert-OH is 1. The molecule has 3 fully saturated rings. The quantitative estimate of drug-likeness (QED) is 0.677. The van der Waals surface area contributed by atoms with E-state index in [9.17, 15) is 4.79 Å². The normalized spacial score (nSPS) is 29.3. The van der Waals surface area contributed by atoms with Gasteiger partial charge in [-0.25, -0.2) is 4.79 Å². The molecular weight excluding hydrogens is 244 g/mol. The first-order chi connectivity index (χ1) is 9.24. The van der Waals surface area contributed by atoms with E-state index in [0.717, 1.165) is 39.1 Å². The fraction of sp³-hybridized carbons (Fsp3) is 0.923. The van der Waals surface area contributed by atoms with E-state index in [1.807, 2.05) is 6.92 Å². The van der Waals surface area contributed by atoms with E-state index in [4.69, 9.17) is 5.11 Å². The zero-order valence-corrected chi connectivity index (χ0v) is 11.8. The van der Waals surface area contributed by atoms with Gasteiger partial charge in [0.15, 0.2) is 0 Å². The lowest BCUT2D eigenvalue weighted by Crippen LogP contribution is -2.63. The number of amides is 2. The summed E-state index contributed by atoms with van der Waals surface area (Å²) in [4.78, 5) is 18.7. The van der Waals surface area contributed by atoms with Gasteiger partial charge in [-0.1, -0.05) is 6.92 Å². The molecule has 6 nitrogen and oxygen atoms in total. The molecule has 1 atom stereocenters. The standard InChI is InChI=1S/C13H26N4O2/c1-2-3-17(8-9-18)13(19)14-10-12-11-15-4-6-16(12)7-5-15/h12,18H,2-11H2,1H3,(H,14,19). The molecule has 0 aromatic carbocycles. The van der Waals surface area contributed by atoms with Crippen LogP contribution in [0.1, 0.15) is 13.3 Å². The molecule has 0 aliphatic carbocycles. The number of carbonyl (C=O) groups is 1. The van der Waals surface area contributed by atoms with Crippen LogP contribution < -0.4 is 5.32 Å². The van der Waals surface area contributed by atoms with E-state index in [1.54, 1.807) is 4.90 Å². The minimum absolute atomic E-state index is 0.0246. The Balaban J connectivity index is 1.76. The molecule has 19 heavy (non-hydrogen) atoms. The molecular formula is C13H26N4O2. The van der Waals surface area contributed by atoms with Crippen molar-refractivity contribution in [3.8, 4) is 0 Å². The van der Waals surface area contributed by atoms with Crippen LogP contribution in [0.5, 0.6) is 0 Å². The Morgan fingerprint density at radius 3 is 2.58 bits per heavy atom. The van der Waals surface area contributed by atoms with Gasteiger partial charge in [0.05, 0.1) is 6.61 Å². The van der Waals surface area contributed by atoms with Crippen molar-refractivity contribution < 1.29 is 9.90 Å². The van der Waals surface area contributed by atoms with Crippen LogP contribution in [-0.4, -0.2) is 90.8 Å². The maximum absolute atomic E-state index is 12.0. The van der Waals surface area contributed by atoms with Gasteiger partial charge in [0, 0.05) is 58.4 Å². The first-order valence-electron chi connectivity index (χ1n) is 7.34. The van der Waals surface area contributed by atoms with E-state index in [1.165, 1.54) is 0 Å². The van der Waals surface area contributed by atoms with Gasteiger partial charge in [0.2, 0.25) is 0 Å². The van der Waals surface area contributed by atoms with Gasteiger partial charge < -0.3 is 15.3 Å². The lowest BCUT2D eigenvalue weighted by molar-refractivity contribution is 0.0143. The van der Waals surface area contributed by atoms with Gasteiger partial charge in [-0.2, -0.15) is 0 Å². The highest BCUT2D eigenvalue weighted by molar-refractivity contribution is 5.74. The smallest absolute Gasteiger partial charge is 0.317 e. The molecule has 3 rings (SSSR count). The molecule has 6 heteroatoms. The van der Waals surface area contributed by atoms with Gasteiger partial charge in [-0.3, -0.25) is 9.80 Å². The van der Waals surface area contributed by atoms with Crippen LogP contribution in [0.25, 0.3) is 0 Å². The molecule has 1 unspecified atom stereocenters. The van der Waals surface area contributed by atoms with Crippen molar-refractivity contribution in [1.29, 1.82) is 0 Å². The summed E-state index contributed by atoms with van der Waals surface area (Å²) in [5.41, 5.74) is 0. The molecule has 0 aromatic rings. The van der Waals surface area contributed by atoms with E-state index in [-0.39, 0.29) is 12.6 Å². The predicted octanol–water partition coefficient (Wildman–Crippen LogP) is -0.600. The van der Waals surface area contributed by atoms with Crippen molar-refractivity contribution in [2.75, 3.05) is 59.0 Å². The second kappa shape index (κ2) is 7.07. The molecule has 0 saturated carbocycles. The van der Waals surface area contributed by atoms with E-state index in [0.29, 0.717) is 25.7 Å². The molecule has 2 amide bonds. The average Bonchev–Trinajstić information content (AvgIpc) is 2.46. The summed E-state index contributed by atoms with van der Waals surface area (Å²) in [6.07, 6.45) is 0.913. The number of rotatable bonds is 6. The van der Waals surface area contributed by atoms with Crippen LogP contribution in [0.4, 0.5) is 4.79 Å². The fourth-order valence-electron chi connectivity index (χ4n) is 2.94. The Kier molecular flexibility index (Phi) is 5.42. The third-order valence-corrected chi connectivity index (χ3v) is 4.03. The van der Waals surface area contributed by atoms with E-state index >= 15 is 0 Å². The number of hydrogen-bond donors (Lipinski definition) is 2. The topological polar surface area (TPSA) is 59.1 Å². The second-order valence-electron chi connectivity index (χ2n) is 5.39. The minimum atomic E-state index is -0.0476. The molecule has 110 valence electrons. The van der Waals surface area contributed by atoms with Gasteiger partial charge >= 0.3 is 6.03 Å². The second-order valence-corrected chi connectivity index (χ2v) is 5.39. The number of hydrogen-bond acceptors (Lipinski definition) is 4. The highest BCUT2D eigenvalue weighted by atomic mass is 16.3. The Morgan fingerprint density at radius 1 is 1.32 bits per heavy atom. The van der Waals surface area contributed by atoms with Crippen LogP contribution in [0.2, 0.25) is 0 Å². The first-order valence-corrected chi connectivity index (χ1v) is 7.34. The lowest BCUT2D eigenvalue weighted by atomic mass is 10.1. The van der Waals surface area contributed by atoms with E-state index < -0.39 is 0 Å². The predicted molar refractivity (Wildman–Crippen MR) is 74.1 cm³/mol. The first kappa shape index (κ1) is 14.6. The summed E-state index contributed by atoms with van der Waals surface area (Å²) in [5.74, 6) is 0. The summed E-state index contributed by atoms with van der Waals surface area (Å²) in [6, 6.07) is 0.401. The van der Waals surface area contributed by atoms with Crippen molar-refractivity contribution in [1.82, 2.24) is 20.0 Å². The number of carbonyl (C=O) groups excluding carboxylic acids is 1. The maximum Gasteiger partial charge on any atom is 0.317 e. The van der Waals surface area contributed by atoms with Crippen molar-refractivity contribution in [2.45, 2.75) is 19.4 Å². The van der Waals surface area contributed by atoms with Gasteiger partial charge in [-0.15, -0.1) is 0 Å². The maximum atomic E-state index is 12.0. The van der Waals surface area contributed by atoms with Crippen LogP contribution in [0, 0.1) is 0 Å². The minimum Gasteiger partial charge on any atom is -0.395 e. The largest absolute Gasteiger partial charge is 0.395 e. The van der Waals surface area contributed by atoms with E-state index in [2.05, 4.69) is 15.1 Å². The molecule has 3 saturated heterocycles. The van der Waals surface area contributed by atoms with Crippen molar-refractivity contribution in [3.63, 3.8) is 0 Å². The SMILES string of the molecule is CCCN(CCO)C(=O)NCC1CN2CCN1CC2. The molecule has 2 bridgehead atoms. The van der Waals surface area contributed by atoms with Crippen LogP contribution >= 0.6 is 0 Å². The Hall–Kier alpha value is -0.850.